The summed E-state index contributed by atoms with van der Waals surface area (Å²) in [5.74, 6) is -4.17. The van der Waals surface area contributed by atoms with Gasteiger partial charge in [0.25, 0.3) is 6.43 Å². The number of alkyl halides is 2. The molecule has 15 heavy (non-hydrogen) atoms. The van der Waals surface area contributed by atoms with Crippen molar-refractivity contribution in [2.75, 3.05) is 7.11 Å². The molecular formula is C9H6F4O2. The molecule has 0 saturated heterocycles. The number of hydrogen-bond acceptors (Lipinski definition) is 2. The van der Waals surface area contributed by atoms with Crippen LogP contribution in [0.3, 0.4) is 0 Å². The second-order valence-corrected chi connectivity index (χ2v) is 2.65. The normalized spacial score (nSPS) is 10.5. The zero-order valence-corrected chi connectivity index (χ0v) is 7.56. The lowest BCUT2D eigenvalue weighted by Gasteiger charge is -2.05. The van der Waals surface area contributed by atoms with E-state index in [4.69, 9.17) is 0 Å². The third kappa shape index (κ3) is 2.26. The van der Waals surface area contributed by atoms with Crippen LogP contribution in [0.1, 0.15) is 22.3 Å². The zero-order valence-electron chi connectivity index (χ0n) is 7.56. The van der Waals surface area contributed by atoms with Gasteiger partial charge in [-0.15, -0.1) is 0 Å². The predicted molar refractivity (Wildman–Crippen MR) is 42.7 cm³/mol. The summed E-state index contributed by atoms with van der Waals surface area (Å²) < 4.78 is 54.2. The fourth-order valence-electron chi connectivity index (χ4n) is 1.00. The largest absolute Gasteiger partial charge is 0.465 e. The van der Waals surface area contributed by atoms with Crippen LogP contribution in [0.15, 0.2) is 12.1 Å². The van der Waals surface area contributed by atoms with E-state index in [0.29, 0.717) is 12.1 Å². The Labute approximate surface area is 82.5 Å². The van der Waals surface area contributed by atoms with Gasteiger partial charge in [-0.05, 0) is 12.1 Å². The van der Waals surface area contributed by atoms with Gasteiger partial charge in [-0.1, -0.05) is 0 Å². The van der Waals surface area contributed by atoms with Crippen molar-refractivity contribution < 1.29 is 27.1 Å². The molecule has 1 aromatic rings. The van der Waals surface area contributed by atoms with Crippen molar-refractivity contribution in [1.29, 1.82) is 0 Å². The smallest absolute Gasteiger partial charge is 0.337 e. The number of halogens is 4. The monoisotopic (exact) mass is 222 g/mol. The average Bonchev–Trinajstić information content (AvgIpc) is 2.20. The van der Waals surface area contributed by atoms with Gasteiger partial charge >= 0.3 is 5.97 Å². The molecule has 0 spiro atoms. The highest BCUT2D eigenvalue weighted by atomic mass is 19.3. The standard InChI is InChI=1S/C9H6F4O2/c1-15-9(14)4-2-5(8(12)13)7(11)6(10)3-4/h2-3,8H,1H3. The number of benzene rings is 1. The van der Waals surface area contributed by atoms with Crippen molar-refractivity contribution in [3.8, 4) is 0 Å². The van der Waals surface area contributed by atoms with Gasteiger partial charge in [-0.3, -0.25) is 0 Å². The molecule has 0 bridgehead atoms. The van der Waals surface area contributed by atoms with Crippen molar-refractivity contribution in [3.63, 3.8) is 0 Å². The first-order valence-electron chi connectivity index (χ1n) is 3.82. The molecule has 1 aromatic carbocycles. The van der Waals surface area contributed by atoms with Gasteiger partial charge in [0.1, 0.15) is 0 Å². The first-order chi connectivity index (χ1) is 6.97. The Morgan fingerprint density at radius 2 is 1.93 bits per heavy atom. The van der Waals surface area contributed by atoms with Crippen molar-refractivity contribution >= 4 is 5.97 Å². The molecule has 0 heterocycles. The molecule has 0 aliphatic rings. The predicted octanol–water partition coefficient (Wildman–Crippen LogP) is 2.69. The third-order valence-corrected chi connectivity index (χ3v) is 1.71. The maximum Gasteiger partial charge on any atom is 0.337 e. The van der Waals surface area contributed by atoms with Crippen LogP contribution in [0.2, 0.25) is 0 Å². The number of esters is 1. The minimum atomic E-state index is -3.19. The van der Waals surface area contributed by atoms with Gasteiger partial charge in [0.15, 0.2) is 11.6 Å². The van der Waals surface area contributed by atoms with E-state index < -0.39 is 35.2 Å². The van der Waals surface area contributed by atoms with Crippen LogP contribution in [0, 0.1) is 11.6 Å². The maximum atomic E-state index is 12.8. The minimum Gasteiger partial charge on any atom is -0.465 e. The van der Waals surface area contributed by atoms with E-state index in [9.17, 15) is 22.4 Å². The van der Waals surface area contributed by atoms with Crippen LogP contribution in [-0.2, 0) is 4.74 Å². The van der Waals surface area contributed by atoms with E-state index in [1.54, 1.807) is 0 Å². The molecule has 0 radical (unpaired) electrons. The summed E-state index contributed by atoms with van der Waals surface area (Å²) in [5, 5.41) is 0. The molecule has 1 rings (SSSR count). The molecule has 2 nitrogen and oxygen atoms in total. The lowest BCUT2D eigenvalue weighted by atomic mass is 10.1. The molecule has 0 fully saturated rings. The molecule has 6 heteroatoms. The maximum absolute atomic E-state index is 12.8. The SMILES string of the molecule is COC(=O)c1cc(F)c(F)c(C(F)F)c1. The Morgan fingerprint density at radius 1 is 1.33 bits per heavy atom. The van der Waals surface area contributed by atoms with Crippen molar-refractivity contribution in [1.82, 2.24) is 0 Å². The molecule has 0 saturated carbocycles. The second-order valence-electron chi connectivity index (χ2n) is 2.65. The van der Waals surface area contributed by atoms with E-state index in [-0.39, 0.29) is 0 Å². The zero-order chi connectivity index (χ0) is 11.6. The molecule has 0 N–H and O–H groups in total. The number of rotatable bonds is 2. The molecule has 0 aliphatic heterocycles. The average molecular weight is 222 g/mol. The Balaban J connectivity index is 3.29. The van der Waals surface area contributed by atoms with Crippen molar-refractivity contribution in [2.45, 2.75) is 6.43 Å². The Kier molecular flexibility index (Phi) is 3.28. The van der Waals surface area contributed by atoms with Gasteiger partial charge in [-0.2, -0.15) is 0 Å². The molecule has 0 amide bonds. The number of methoxy groups -OCH3 is 1. The molecular weight excluding hydrogens is 216 g/mol. The van der Waals surface area contributed by atoms with Crippen LogP contribution in [0.5, 0.6) is 0 Å². The van der Waals surface area contributed by atoms with Crippen LogP contribution >= 0.6 is 0 Å². The van der Waals surface area contributed by atoms with Crippen LogP contribution in [0.4, 0.5) is 17.6 Å². The molecule has 0 atom stereocenters. The number of carbonyl (C=O) groups excluding carboxylic acids is 1. The summed E-state index contributed by atoms with van der Waals surface area (Å²) in [7, 11) is 1.01. The van der Waals surface area contributed by atoms with E-state index >= 15 is 0 Å². The van der Waals surface area contributed by atoms with Crippen LogP contribution in [-0.4, -0.2) is 13.1 Å². The van der Waals surface area contributed by atoms with E-state index in [1.807, 2.05) is 0 Å². The molecule has 82 valence electrons. The van der Waals surface area contributed by atoms with Gasteiger partial charge in [0, 0.05) is 0 Å². The number of ether oxygens (including phenoxy) is 1. The lowest BCUT2D eigenvalue weighted by Crippen LogP contribution is -2.05. The van der Waals surface area contributed by atoms with Gasteiger partial charge in [-0.25, -0.2) is 22.4 Å². The quantitative estimate of drug-likeness (QED) is 0.568. The van der Waals surface area contributed by atoms with E-state index in [1.165, 1.54) is 0 Å². The fraction of sp³-hybridized carbons (Fsp3) is 0.222. The Bertz CT molecular complexity index is 390. The highest BCUT2D eigenvalue weighted by Gasteiger charge is 2.20. The van der Waals surface area contributed by atoms with Crippen LogP contribution in [0.25, 0.3) is 0 Å². The van der Waals surface area contributed by atoms with Crippen molar-refractivity contribution in [2.24, 2.45) is 0 Å². The Hall–Kier alpha value is -1.59. The molecule has 0 unspecified atom stereocenters. The molecule has 0 aliphatic carbocycles. The topological polar surface area (TPSA) is 26.3 Å². The summed E-state index contributed by atoms with van der Waals surface area (Å²) in [6.45, 7) is 0. The van der Waals surface area contributed by atoms with Crippen molar-refractivity contribution in [3.05, 3.63) is 34.9 Å². The molecule has 0 aromatic heterocycles. The first kappa shape index (κ1) is 11.5. The number of carbonyl (C=O) groups is 1. The summed E-state index contributed by atoms with van der Waals surface area (Å²) in [6.07, 6.45) is -3.19. The van der Waals surface area contributed by atoms with Gasteiger partial charge in [0.05, 0.1) is 18.2 Å². The highest BCUT2D eigenvalue weighted by molar-refractivity contribution is 5.89. The van der Waals surface area contributed by atoms with Gasteiger partial charge in [0.2, 0.25) is 0 Å². The Morgan fingerprint density at radius 3 is 2.40 bits per heavy atom. The minimum absolute atomic E-state index is 0.452. The summed E-state index contributed by atoms with van der Waals surface area (Å²) >= 11 is 0. The fourth-order valence-corrected chi connectivity index (χ4v) is 1.00. The summed E-state index contributed by atoms with van der Waals surface area (Å²) in [5.41, 5.74) is -1.61. The first-order valence-corrected chi connectivity index (χ1v) is 3.82. The van der Waals surface area contributed by atoms with E-state index in [2.05, 4.69) is 4.74 Å². The third-order valence-electron chi connectivity index (χ3n) is 1.71. The second kappa shape index (κ2) is 4.29. The van der Waals surface area contributed by atoms with E-state index in [0.717, 1.165) is 7.11 Å². The van der Waals surface area contributed by atoms with Gasteiger partial charge < -0.3 is 4.74 Å². The highest BCUT2D eigenvalue weighted by Crippen LogP contribution is 2.25. The summed E-state index contributed by atoms with van der Waals surface area (Å²) in [4.78, 5) is 10.9. The lowest BCUT2D eigenvalue weighted by molar-refractivity contribution is 0.0599. The van der Waals surface area contributed by atoms with Crippen LogP contribution < -0.4 is 0 Å². The number of hydrogen-bond donors (Lipinski definition) is 0. The summed E-state index contributed by atoms with van der Waals surface area (Å²) in [6, 6.07) is 1.07.